The van der Waals surface area contributed by atoms with E-state index in [-0.39, 0.29) is 17.4 Å². The summed E-state index contributed by atoms with van der Waals surface area (Å²) >= 11 is 0. The lowest BCUT2D eigenvalue weighted by atomic mass is 10.0. The number of para-hydroxylation sites is 1. The average Bonchev–Trinajstić information content (AvgIpc) is 2.86. The van der Waals surface area contributed by atoms with Crippen molar-refractivity contribution in [3.05, 3.63) is 65.7 Å². The molecule has 1 fully saturated rings. The number of carbonyl (C=O) groups is 2. The number of nitrogens with zero attached hydrogens (tertiary/aromatic N) is 2. The maximum absolute atomic E-state index is 12.7. The molecule has 4 rings (SSSR count). The molecular formula is C24H26N2O6S. The fourth-order valence-electron chi connectivity index (χ4n) is 3.90. The summed E-state index contributed by atoms with van der Waals surface area (Å²) in [6.07, 6.45) is 4.54. The molecule has 2 heterocycles. The number of aryl methyl sites for hydroxylation is 1. The Bertz CT molecular complexity index is 1140. The molecule has 0 aromatic heterocycles. The van der Waals surface area contributed by atoms with Gasteiger partial charge in [0.05, 0.1) is 18.1 Å². The van der Waals surface area contributed by atoms with E-state index in [9.17, 15) is 18.0 Å². The Morgan fingerprint density at radius 3 is 2.48 bits per heavy atom. The van der Waals surface area contributed by atoms with Crippen LogP contribution in [0.4, 0.5) is 5.69 Å². The number of esters is 1. The third-order valence-corrected chi connectivity index (χ3v) is 7.56. The van der Waals surface area contributed by atoms with Gasteiger partial charge in [-0.15, -0.1) is 0 Å². The Balaban J connectivity index is 1.31. The number of amides is 1. The summed E-state index contributed by atoms with van der Waals surface area (Å²) in [5.41, 5.74) is 2.62. The van der Waals surface area contributed by atoms with Gasteiger partial charge in [-0.25, -0.2) is 13.2 Å². The minimum atomic E-state index is -3.56. The van der Waals surface area contributed by atoms with E-state index < -0.39 is 16.0 Å². The molecule has 2 aromatic carbocycles. The number of morpholine rings is 1. The molecule has 8 nitrogen and oxygen atoms in total. The normalized spacial score (nSPS) is 17.0. The molecular weight excluding hydrogens is 444 g/mol. The zero-order valence-electron chi connectivity index (χ0n) is 18.2. The Labute approximate surface area is 193 Å². The molecule has 2 aromatic rings. The van der Waals surface area contributed by atoms with E-state index in [1.54, 1.807) is 17.0 Å². The van der Waals surface area contributed by atoms with Gasteiger partial charge in [-0.05, 0) is 48.2 Å². The fourth-order valence-corrected chi connectivity index (χ4v) is 5.31. The summed E-state index contributed by atoms with van der Waals surface area (Å²) < 4.78 is 37.1. The predicted molar refractivity (Wildman–Crippen MR) is 123 cm³/mol. The quantitative estimate of drug-likeness (QED) is 0.475. The van der Waals surface area contributed by atoms with Gasteiger partial charge in [0.2, 0.25) is 10.0 Å². The van der Waals surface area contributed by atoms with Crippen molar-refractivity contribution in [3.63, 3.8) is 0 Å². The van der Waals surface area contributed by atoms with Gasteiger partial charge in [0.1, 0.15) is 0 Å². The molecule has 0 N–H and O–H groups in total. The van der Waals surface area contributed by atoms with Crippen molar-refractivity contribution in [2.75, 3.05) is 44.4 Å². The lowest BCUT2D eigenvalue weighted by Crippen LogP contribution is -2.40. The van der Waals surface area contributed by atoms with Crippen molar-refractivity contribution in [2.24, 2.45) is 0 Å². The van der Waals surface area contributed by atoms with Gasteiger partial charge in [-0.1, -0.05) is 30.3 Å². The monoisotopic (exact) mass is 470 g/mol. The van der Waals surface area contributed by atoms with Crippen LogP contribution in [0, 0.1) is 0 Å². The van der Waals surface area contributed by atoms with Crippen LogP contribution in [0.3, 0.4) is 0 Å². The van der Waals surface area contributed by atoms with Gasteiger partial charge in [0, 0.05) is 31.4 Å². The second kappa shape index (κ2) is 10.3. The van der Waals surface area contributed by atoms with E-state index in [1.165, 1.54) is 28.6 Å². The second-order valence-corrected chi connectivity index (χ2v) is 9.74. The fraction of sp³-hybridized carbons (Fsp3) is 0.333. The number of rotatable bonds is 6. The van der Waals surface area contributed by atoms with Crippen LogP contribution in [0.25, 0.3) is 6.08 Å². The second-order valence-electron chi connectivity index (χ2n) is 7.80. The Hall–Kier alpha value is -3.01. The van der Waals surface area contributed by atoms with Crippen LogP contribution >= 0.6 is 0 Å². The zero-order chi connectivity index (χ0) is 23.3. The molecule has 0 radical (unpaired) electrons. The number of sulfonamides is 1. The first kappa shape index (κ1) is 23.2. The maximum Gasteiger partial charge on any atom is 0.331 e. The lowest BCUT2D eigenvalue weighted by molar-refractivity contribution is -0.142. The SMILES string of the molecule is O=C(/C=C/c1ccc(S(=O)(=O)N2CCOCC2)cc1)OCC(=O)N1CCCc2ccccc21. The van der Waals surface area contributed by atoms with E-state index in [0.29, 0.717) is 38.4 Å². The summed E-state index contributed by atoms with van der Waals surface area (Å²) in [4.78, 5) is 26.5. The number of benzene rings is 2. The van der Waals surface area contributed by atoms with Crippen LogP contribution in [-0.2, 0) is 35.5 Å². The van der Waals surface area contributed by atoms with Crippen LogP contribution in [0.5, 0.6) is 0 Å². The van der Waals surface area contributed by atoms with Gasteiger partial charge in [-0.2, -0.15) is 4.31 Å². The molecule has 2 aliphatic rings. The summed E-state index contributed by atoms with van der Waals surface area (Å²) in [5, 5.41) is 0. The highest BCUT2D eigenvalue weighted by molar-refractivity contribution is 7.89. The molecule has 33 heavy (non-hydrogen) atoms. The van der Waals surface area contributed by atoms with Crippen molar-refractivity contribution in [1.29, 1.82) is 0 Å². The van der Waals surface area contributed by atoms with Crippen LogP contribution in [0.15, 0.2) is 59.5 Å². The summed E-state index contributed by atoms with van der Waals surface area (Å²) in [6.45, 7) is 1.69. The van der Waals surface area contributed by atoms with Gasteiger partial charge in [0.15, 0.2) is 6.61 Å². The van der Waals surface area contributed by atoms with Crippen molar-refractivity contribution in [2.45, 2.75) is 17.7 Å². The smallest absolute Gasteiger partial charge is 0.331 e. The molecule has 0 aliphatic carbocycles. The minimum absolute atomic E-state index is 0.191. The standard InChI is InChI=1S/C24H26N2O6S/c27-23(26-13-3-5-20-4-1-2-6-22(20)26)18-32-24(28)12-9-19-7-10-21(11-8-19)33(29,30)25-14-16-31-17-15-25/h1-2,4,6-12H,3,5,13-18H2/b12-9+. The van der Waals surface area contributed by atoms with Gasteiger partial charge < -0.3 is 14.4 Å². The highest BCUT2D eigenvalue weighted by Crippen LogP contribution is 2.26. The number of hydrogen-bond acceptors (Lipinski definition) is 6. The van der Waals surface area contributed by atoms with E-state index in [2.05, 4.69) is 0 Å². The highest BCUT2D eigenvalue weighted by atomic mass is 32.2. The maximum atomic E-state index is 12.7. The van der Waals surface area contributed by atoms with Crippen molar-refractivity contribution in [3.8, 4) is 0 Å². The first-order valence-corrected chi connectivity index (χ1v) is 12.3. The van der Waals surface area contributed by atoms with Crippen LogP contribution in [-0.4, -0.2) is 64.1 Å². The summed E-state index contributed by atoms with van der Waals surface area (Å²) in [5.74, 6) is -0.903. The number of hydrogen-bond donors (Lipinski definition) is 0. The topological polar surface area (TPSA) is 93.2 Å². The van der Waals surface area contributed by atoms with Crippen molar-refractivity contribution < 1.29 is 27.5 Å². The Morgan fingerprint density at radius 2 is 1.73 bits per heavy atom. The number of carbonyl (C=O) groups excluding carboxylic acids is 2. The molecule has 2 aliphatic heterocycles. The lowest BCUT2D eigenvalue weighted by Gasteiger charge is -2.29. The average molecular weight is 471 g/mol. The molecule has 0 spiro atoms. The van der Waals surface area contributed by atoms with Crippen molar-refractivity contribution in [1.82, 2.24) is 4.31 Å². The van der Waals surface area contributed by atoms with Gasteiger partial charge in [0.25, 0.3) is 5.91 Å². The highest BCUT2D eigenvalue weighted by Gasteiger charge is 2.26. The first-order chi connectivity index (χ1) is 15.9. The largest absolute Gasteiger partial charge is 0.452 e. The van der Waals surface area contributed by atoms with E-state index >= 15 is 0 Å². The van der Waals surface area contributed by atoms with E-state index in [4.69, 9.17) is 9.47 Å². The van der Waals surface area contributed by atoms with Gasteiger partial charge >= 0.3 is 5.97 Å². The van der Waals surface area contributed by atoms with E-state index in [1.807, 2.05) is 24.3 Å². The Kier molecular flexibility index (Phi) is 7.22. The molecule has 174 valence electrons. The van der Waals surface area contributed by atoms with E-state index in [0.717, 1.165) is 24.1 Å². The number of fused-ring (bicyclic) bond motifs is 1. The van der Waals surface area contributed by atoms with Crippen molar-refractivity contribution >= 4 is 33.7 Å². The minimum Gasteiger partial charge on any atom is -0.452 e. The Morgan fingerprint density at radius 1 is 1.00 bits per heavy atom. The molecule has 0 unspecified atom stereocenters. The predicted octanol–water partition coefficient (Wildman–Crippen LogP) is 2.24. The number of anilines is 1. The van der Waals surface area contributed by atoms with Crippen LogP contribution in [0.1, 0.15) is 17.5 Å². The molecule has 1 saturated heterocycles. The summed E-state index contributed by atoms with van der Waals surface area (Å²) in [6, 6.07) is 14.0. The van der Waals surface area contributed by atoms with Gasteiger partial charge in [-0.3, -0.25) is 4.79 Å². The molecule has 0 saturated carbocycles. The molecule has 0 atom stereocenters. The third kappa shape index (κ3) is 5.50. The number of ether oxygens (including phenoxy) is 2. The van der Waals surface area contributed by atoms with Crippen LogP contribution in [0.2, 0.25) is 0 Å². The molecule has 9 heteroatoms. The molecule has 1 amide bonds. The zero-order valence-corrected chi connectivity index (χ0v) is 19.0. The first-order valence-electron chi connectivity index (χ1n) is 10.9. The molecule has 0 bridgehead atoms. The van der Waals surface area contributed by atoms with Crippen LogP contribution < -0.4 is 4.90 Å². The third-order valence-electron chi connectivity index (χ3n) is 5.65. The summed E-state index contributed by atoms with van der Waals surface area (Å²) in [7, 11) is -3.56.